The third kappa shape index (κ3) is 3.59. The zero-order chi connectivity index (χ0) is 21.4. The summed E-state index contributed by atoms with van der Waals surface area (Å²) in [5.74, 6) is -0.348. The molecule has 0 radical (unpaired) electrons. The molecule has 0 N–H and O–H groups in total. The molecule has 0 aliphatic carbocycles. The molecule has 7 nitrogen and oxygen atoms in total. The van der Waals surface area contributed by atoms with Crippen LogP contribution in [-0.2, 0) is 17.8 Å². The van der Waals surface area contributed by atoms with E-state index < -0.39 is 11.2 Å². The molecule has 2 aromatic carbocycles. The molecule has 1 fully saturated rings. The van der Waals surface area contributed by atoms with Crippen LogP contribution in [-0.4, -0.2) is 31.4 Å². The van der Waals surface area contributed by atoms with E-state index in [-0.39, 0.29) is 30.7 Å². The molecule has 2 aromatic heterocycles. The summed E-state index contributed by atoms with van der Waals surface area (Å²) in [5.41, 5.74) is 1.02. The van der Waals surface area contributed by atoms with Gasteiger partial charge in [0.1, 0.15) is 5.82 Å². The van der Waals surface area contributed by atoms with E-state index in [0.717, 1.165) is 12.8 Å². The fourth-order valence-corrected chi connectivity index (χ4v) is 4.09. The van der Waals surface area contributed by atoms with Gasteiger partial charge in [0.05, 0.1) is 24.7 Å². The fraction of sp³-hybridized carbons (Fsp3) is 0.261. The summed E-state index contributed by atoms with van der Waals surface area (Å²) in [6.45, 7) is 1.08. The molecule has 1 unspecified atom stereocenters. The molecule has 0 spiro atoms. The highest BCUT2D eigenvalue weighted by atomic mass is 19.1. The van der Waals surface area contributed by atoms with Crippen LogP contribution < -0.4 is 11.2 Å². The standard InChI is InChI=1S/C23H21FN4O3/c24-17-7-4-6-16(12-17)13-26-15-25-21-20(26)22(29)27(14-19-10-5-11-31-19)23(30)28(21)18-8-2-1-3-9-18/h1-4,6-9,12,15,19H,5,10-11,13-14H2. The highest BCUT2D eigenvalue weighted by Crippen LogP contribution is 2.17. The number of aromatic nitrogens is 4. The lowest BCUT2D eigenvalue weighted by atomic mass is 10.2. The molecule has 1 aliphatic rings. The van der Waals surface area contributed by atoms with Gasteiger partial charge in [-0.2, -0.15) is 0 Å². The van der Waals surface area contributed by atoms with Gasteiger partial charge in [-0.3, -0.25) is 9.36 Å². The van der Waals surface area contributed by atoms with Gasteiger partial charge < -0.3 is 9.30 Å². The Morgan fingerprint density at radius 2 is 1.94 bits per heavy atom. The topological polar surface area (TPSA) is 71.0 Å². The van der Waals surface area contributed by atoms with Crippen molar-refractivity contribution in [3.63, 3.8) is 0 Å². The van der Waals surface area contributed by atoms with Crippen molar-refractivity contribution in [2.45, 2.75) is 32.0 Å². The van der Waals surface area contributed by atoms with E-state index in [1.807, 2.05) is 18.2 Å². The predicted molar refractivity (Wildman–Crippen MR) is 114 cm³/mol. The lowest BCUT2D eigenvalue weighted by molar-refractivity contribution is 0.0950. The van der Waals surface area contributed by atoms with E-state index in [2.05, 4.69) is 4.98 Å². The van der Waals surface area contributed by atoms with Gasteiger partial charge in [0.15, 0.2) is 11.2 Å². The number of nitrogens with zero attached hydrogens (tertiary/aromatic N) is 4. The highest BCUT2D eigenvalue weighted by Gasteiger charge is 2.23. The van der Waals surface area contributed by atoms with Gasteiger partial charge in [-0.25, -0.2) is 18.7 Å². The molecule has 5 rings (SSSR count). The van der Waals surface area contributed by atoms with Crippen molar-refractivity contribution in [3.8, 4) is 5.69 Å². The molecule has 1 saturated heterocycles. The summed E-state index contributed by atoms with van der Waals surface area (Å²) >= 11 is 0. The van der Waals surface area contributed by atoms with Crippen molar-refractivity contribution in [1.29, 1.82) is 0 Å². The molecule has 158 valence electrons. The maximum atomic E-state index is 13.7. The quantitative estimate of drug-likeness (QED) is 0.498. The molecule has 1 atom stereocenters. The van der Waals surface area contributed by atoms with Crippen molar-refractivity contribution in [2.75, 3.05) is 6.61 Å². The second-order valence-electron chi connectivity index (χ2n) is 7.68. The van der Waals surface area contributed by atoms with Gasteiger partial charge in [0.2, 0.25) is 0 Å². The van der Waals surface area contributed by atoms with E-state index in [9.17, 15) is 14.0 Å². The summed E-state index contributed by atoms with van der Waals surface area (Å²) < 4.78 is 23.7. The first-order valence-corrected chi connectivity index (χ1v) is 10.2. The van der Waals surface area contributed by atoms with Gasteiger partial charge >= 0.3 is 5.69 Å². The van der Waals surface area contributed by atoms with Crippen molar-refractivity contribution in [1.82, 2.24) is 18.7 Å². The van der Waals surface area contributed by atoms with Crippen molar-refractivity contribution >= 4 is 11.2 Å². The van der Waals surface area contributed by atoms with E-state index in [1.165, 1.54) is 27.6 Å². The first-order valence-electron chi connectivity index (χ1n) is 10.2. The van der Waals surface area contributed by atoms with Crippen LogP contribution in [0.3, 0.4) is 0 Å². The van der Waals surface area contributed by atoms with Gasteiger partial charge in [0, 0.05) is 13.2 Å². The van der Waals surface area contributed by atoms with E-state index in [1.54, 1.807) is 28.8 Å². The van der Waals surface area contributed by atoms with Crippen LogP contribution >= 0.6 is 0 Å². The first kappa shape index (κ1) is 19.4. The third-order valence-electron chi connectivity index (χ3n) is 5.57. The Balaban J connectivity index is 1.72. The number of para-hydroxylation sites is 1. The maximum Gasteiger partial charge on any atom is 0.337 e. The van der Waals surface area contributed by atoms with Gasteiger partial charge in [0.25, 0.3) is 5.56 Å². The van der Waals surface area contributed by atoms with Crippen molar-refractivity contribution in [2.24, 2.45) is 0 Å². The van der Waals surface area contributed by atoms with Crippen LogP contribution in [0, 0.1) is 5.82 Å². The number of ether oxygens (including phenoxy) is 1. The molecule has 8 heteroatoms. The molecule has 1 aliphatic heterocycles. The number of hydrogen-bond donors (Lipinski definition) is 0. The molecule has 0 saturated carbocycles. The molecule has 0 bridgehead atoms. The van der Waals surface area contributed by atoms with Crippen LogP contribution in [0.1, 0.15) is 18.4 Å². The molecular formula is C23H21FN4O3. The minimum Gasteiger partial charge on any atom is -0.376 e. The predicted octanol–water partition coefficient (Wildman–Crippen LogP) is 2.72. The highest BCUT2D eigenvalue weighted by molar-refractivity contribution is 5.72. The molecule has 4 aromatic rings. The van der Waals surface area contributed by atoms with Crippen LogP contribution in [0.2, 0.25) is 0 Å². The summed E-state index contributed by atoms with van der Waals surface area (Å²) in [7, 11) is 0. The largest absolute Gasteiger partial charge is 0.376 e. The minimum absolute atomic E-state index is 0.174. The number of fused-ring (bicyclic) bond motifs is 1. The van der Waals surface area contributed by atoms with Gasteiger partial charge in [-0.05, 0) is 42.7 Å². The maximum absolute atomic E-state index is 13.7. The Kier molecular flexibility index (Phi) is 4.99. The zero-order valence-electron chi connectivity index (χ0n) is 16.8. The Labute approximate surface area is 177 Å². The van der Waals surface area contributed by atoms with Crippen molar-refractivity contribution < 1.29 is 9.13 Å². The second kappa shape index (κ2) is 7.96. The number of halogens is 1. The van der Waals surface area contributed by atoms with E-state index >= 15 is 0 Å². The fourth-order valence-electron chi connectivity index (χ4n) is 4.09. The minimum atomic E-state index is -0.449. The molecular weight excluding hydrogens is 399 g/mol. The van der Waals surface area contributed by atoms with Gasteiger partial charge in [-0.1, -0.05) is 30.3 Å². The molecule has 31 heavy (non-hydrogen) atoms. The number of imidazole rings is 1. The lowest BCUT2D eigenvalue weighted by Crippen LogP contribution is -2.42. The Hall–Kier alpha value is -3.52. The third-order valence-corrected chi connectivity index (χ3v) is 5.57. The number of hydrogen-bond acceptors (Lipinski definition) is 4. The first-order chi connectivity index (χ1) is 15.1. The van der Waals surface area contributed by atoms with Crippen LogP contribution in [0.25, 0.3) is 16.9 Å². The van der Waals surface area contributed by atoms with E-state index in [4.69, 9.17) is 4.74 Å². The van der Waals surface area contributed by atoms with Crippen LogP contribution in [0.4, 0.5) is 4.39 Å². The SMILES string of the molecule is O=c1c2c(ncn2Cc2cccc(F)c2)n(-c2ccccc2)c(=O)n1CC1CCCO1. The summed E-state index contributed by atoms with van der Waals surface area (Å²) in [5, 5.41) is 0. The second-order valence-corrected chi connectivity index (χ2v) is 7.68. The number of rotatable bonds is 5. The Morgan fingerprint density at radius 3 is 2.68 bits per heavy atom. The van der Waals surface area contributed by atoms with Gasteiger partial charge in [-0.15, -0.1) is 0 Å². The zero-order valence-corrected chi connectivity index (χ0v) is 16.8. The molecule has 0 amide bonds. The van der Waals surface area contributed by atoms with E-state index in [0.29, 0.717) is 23.4 Å². The van der Waals surface area contributed by atoms with Crippen molar-refractivity contribution in [3.05, 3.63) is 93.1 Å². The Bertz CT molecular complexity index is 1350. The average molecular weight is 420 g/mol. The summed E-state index contributed by atoms with van der Waals surface area (Å²) in [6.07, 6.45) is 3.06. The number of benzene rings is 2. The summed E-state index contributed by atoms with van der Waals surface area (Å²) in [6, 6.07) is 15.3. The lowest BCUT2D eigenvalue weighted by Gasteiger charge is -2.15. The average Bonchev–Trinajstić information content (AvgIpc) is 3.42. The van der Waals surface area contributed by atoms with Crippen LogP contribution in [0.5, 0.6) is 0 Å². The normalized spacial score (nSPS) is 16.2. The smallest absolute Gasteiger partial charge is 0.337 e. The Morgan fingerprint density at radius 1 is 1.10 bits per heavy atom. The molecule has 3 heterocycles. The summed E-state index contributed by atoms with van der Waals surface area (Å²) in [4.78, 5) is 31.2. The van der Waals surface area contributed by atoms with Crippen LogP contribution in [0.15, 0.2) is 70.5 Å². The monoisotopic (exact) mass is 420 g/mol.